The third-order valence-corrected chi connectivity index (χ3v) is 5.14. The van der Waals surface area contributed by atoms with Crippen molar-refractivity contribution < 1.29 is 37.9 Å². The predicted octanol–water partition coefficient (Wildman–Crippen LogP) is 7.44. The highest BCUT2D eigenvalue weighted by Crippen LogP contribution is 2.23. The first-order valence-corrected chi connectivity index (χ1v) is 13.7. The van der Waals surface area contributed by atoms with Crippen LogP contribution in [0.5, 0.6) is 0 Å². The van der Waals surface area contributed by atoms with Crippen molar-refractivity contribution in [2.75, 3.05) is 0 Å². The van der Waals surface area contributed by atoms with Crippen molar-refractivity contribution in [3.63, 3.8) is 0 Å². The molecule has 0 unspecified atom stereocenters. The highest BCUT2D eigenvalue weighted by molar-refractivity contribution is 7.81. The second-order valence-corrected chi connectivity index (χ2v) is 9.22. The summed E-state index contributed by atoms with van der Waals surface area (Å²) in [6.07, 6.45) is 5.30. The molecule has 0 N–H and O–H groups in total. The Hall–Kier alpha value is -2.96. The highest BCUT2D eigenvalue weighted by Gasteiger charge is 2.46. The molecule has 8 nitrogen and oxygen atoms in total. The maximum Gasteiger partial charge on any atom is 0.613 e. The summed E-state index contributed by atoms with van der Waals surface area (Å²) in [7, 11) is 0. The molecule has 0 heterocycles. The predicted molar refractivity (Wildman–Crippen MR) is 197 cm³/mol. The van der Waals surface area contributed by atoms with Gasteiger partial charge in [0.15, 0.2) is 40.4 Å². The molecule has 0 aliphatic heterocycles. The van der Waals surface area contributed by atoms with Gasteiger partial charge < -0.3 is 37.9 Å². The van der Waals surface area contributed by atoms with Crippen molar-refractivity contribution in [1.29, 1.82) is 0 Å². The van der Waals surface area contributed by atoms with Crippen LogP contribution in [0.1, 0.15) is 0 Å². The molecule has 0 radical (unpaired) electrons. The maximum atomic E-state index is 5.25. The summed E-state index contributed by atoms with van der Waals surface area (Å²) in [5, 5.41) is -0.773. The van der Waals surface area contributed by atoms with Crippen molar-refractivity contribution in [2.45, 2.75) is 12.3 Å². The van der Waals surface area contributed by atoms with Gasteiger partial charge in [0.05, 0.1) is 0 Å². The van der Waals surface area contributed by atoms with E-state index in [0.29, 0.717) is 0 Å². The molecule has 16 heteroatoms. The highest BCUT2D eigenvalue weighted by atomic mass is 32.1. The van der Waals surface area contributed by atoms with E-state index in [0.717, 1.165) is 0 Å². The standard InChI is InChI=1S/2C13H12O4S4/c2*1-5-9(18)14-13(15-10(19)6-2,16-11(20)7-3)17-12(21)8-4/h2*5-8H,1-4H2. The third-order valence-electron chi connectivity index (χ3n) is 3.14. The molecule has 224 valence electrons. The van der Waals surface area contributed by atoms with Crippen LogP contribution in [-0.2, 0) is 37.9 Å². The first-order chi connectivity index (χ1) is 19.6. The number of thiocarbonyl (C=S) groups is 8. The first kappa shape index (κ1) is 41.2. The summed E-state index contributed by atoms with van der Waals surface area (Å²) in [5.41, 5.74) is 0. The minimum absolute atomic E-state index is 0.0967. The Bertz CT molecular complexity index is 926. The summed E-state index contributed by atoms with van der Waals surface area (Å²) >= 11 is 39.1. The van der Waals surface area contributed by atoms with Crippen LogP contribution in [0.2, 0.25) is 0 Å². The van der Waals surface area contributed by atoms with Crippen molar-refractivity contribution in [1.82, 2.24) is 0 Å². The van der Waals surface area contributed by atoms with E-state index in [2.05, 4.69) is 52.6 Å². The molecule has 0 bridgehead atoms. The minimum Gasteiger partial charge on any atom is -0.375 e. The minimum atomic E-state index is -2.26. The molecule has 0 aromatic carbocycles. The van der Waals surface area contributed by atoms with Crippen LogP contribution in [0.15, 0.2) is 101 Å². The van der Waals surface area contributed by atoms with E-state index < -0.39 is 12.3 Å². The molecule has 42 heavy (non-hydrogen) atoms. The van der Waals surface area contributed by atoms with E-state index in [1.807, 2.05) is 0 Å². The Balaban J connectivity index is 0. The van der Waals surface area contributed by atoms with Crippen LogP contribution in [0.3, 0.4) is 0 Å². The molecule has 0 saturated carbocycles. The monoisotopic (exact) mass is 720 g/mol. The van der Waals surface area contributed by atoms with Gasteiger partial charge in [-0.05, 0) is 146 Å². The van der Waals surface area contributed by atoms with Crippen LogP contribution in [-0.4, -0.2) is 52.7 Å². The summed E-state index contributed by atoms with van der Waals surface area (Å²) in [4.78, 5) is 0. The van der Waals surface area contributed by atoms with Crippen molar-refractivity contribution in [2.24, 2.45) is 0 Å². The lowest BCUT2D eigenvalue weighted by Gasteiger charge is -2.30. The van der Waals surface area contributed by atoms with Crippen LogP contribution in [0.4, 0.5) is 0 Å². The quantitative estimate of drug-likeness (QED) is 0.0901. The van der Waals surface area contributed by atoms with E-state index in [-0.39, 0.29) is 40.4 Å². The molecule has 0 atom stereocenters. The Morgan fingerprint density at radius 2 is 0.381 bits per heavy atom. The Labute approximate surface area is 287 Å². The average molecular weight is 721 g/mol. The van der Waals surface area contributed by atoms with E-state index >= 15 is 0 Å². The van der Waals surface area contributed by atoms with Crippen LogP contribution in [0.25, 0.3) is 0 Å². The fraction of sp³-hybridized carbons (Fsp3) is 0.0769. The van der Waals surface area contributed by atoms with Gasteiger partial charge >= 0.3 is 12.3 Å². The molecule has 0 aliphatic rings. The van der Waals surface area contributed by atoms with Gasteiger partial charge in [-0.1, -0.05) is 52.6 Å². The molecular weight excluding hydrogens is 697 g/mol. The second-order valence-electron chi connectivity index (χ2n) is 6.00. The summed E-state index contributed by atoms with van der Waals surface area (Å²) in [6, 6.07) is 0. The SMILES string of the molecule is C=CC(=S)OC(OC(=S)C=C)(OC(=S)C=C)OC(=S)C=C.C=CC(=S)OC(OC(=S)C=C)(OC(=S)C=C)OC(=S)C=C. The number of rotatable bonds is 16. The van der Waals surface area contributed by atoms with E-state index in [1.165, 1.54) is 48.6 Å². The third kappa shape index (κ3) is 17.1. The molecule has 0 rings (SSSR count). The van der Waals surface area contributed by atoms with Gasteiger partial charge in [0.2, 0.25) is 0 Å². The fourth-order valence-electron chi connectivity index (χ4n) is 1.57. The van der Waals surface area contributed by atoms with Crippen molar-refractivity contribution in [3.8, 4) is 0 Å². The zero-order chi connectivity index (χ0) is 32.9. The lowest BCUT2D eigenvalue weighted by atomic mass is 10.6. The van der Waals surface area contributed by atoms with E-state index in [9.17, 15) is 0 Å². The number of hydrogen-bond acceptors (Lipinski definition) is 16. The molecule has 0 spiro atoms. The Morgan fingerprint density at radius 3 is 0.452 bits per heavy atom. The van der Waals surface area contributed by atoms with Gasteiger partial charge in [-0.3, -0.25) is 0 Å². The maximum absolute atomic E-state index is 5.25. The molecule has 0 amide bonds. The van der Waals surface area contributed by atoms with Crippen molar-refractivity contribution >= 4 is 138 Å². The largest absolute Gasteiger partial charge is 0.613 e. The Morgan fingerprint density at radius 1 is 0.286 bits per heavy atom. The van der Waals surface area contributed by atoms with Gasteiger partial charge in [-0.25, -0.2) is 0 Å². The molecule has 0 saturated heterocycles. The second kappa shape index (κ2) is 21.7. The van der Waals surface area contributed by atoms with Crippen molar-refractivity contribution in [3.05, 3.63) is 101 Å². The fourth-order valence-corrected chi connectivity index (χ4v) is 2.39. The lowest BCUT2D eigenvalue weighted by molar-refractivity contribution is -0.392. The lowest BCUT2D eigenvalue weighted by Crippen LogP contribution is -2.46. The molecular formula is C26H24O8S8. The average Bonchev–Trinajstić information content (AvgIpc) is 2.96. The van der Waals surface area contributed by atoms with Gasteiger partial charge in [0.1, 0.15) is 0 Å². The van der Waals surface area contributed by atoms with E-state index in [4.69, 9.17) is 136 Å². The van der Waals surface area contributed by atoms with Crippen LogP contribution >= 0.6 is 97.7 Å². The molecule has 0 fully saturated rings. The number of ether oxygens (including phenoxy) is 8. The number of hydrogen-bond donors (Lipinski definition) is 0. The summed E-state index contributed by atoms with van der Waals surface area (Å²) in [6.45, 7) is 27.6. The van der Waals surface area contributed by atoms with Crippen LogP contribution < -0.4 is 0 Å². The first-order valence-electron chi connectivity index (χ1n) is 10.5. The zero-order valence-electron chi connectivity index (χ0n) is 21.8. The van der Waals surface area contributed by atoms with Gasteiger partial charge in [-0.2, -0.15) is 0 Å². The van der Waals surface area contributed by atoms with E-state index in [1.54, 1.807) is 0 Å². The topological polar surface area (TPSA) is 73.8 Å². The van der Waals surface area contributed by atoms with Crippen LogP contribution in [0, 0.1) is 0 Å². The molecule has 0 aromatic rings. The summed E-state index contributed by atoms with van der Waals surface area (Å²) in [5.74, 6) is 0. The van der Waals surface area contributed by atoms with Gasteiger partial charge in [0, 0.05) is 0 Å². The zero-order valence-corrected chi connectivity index (χ0v) is 28.3. The molecule has 0 aliphatic carbocycles. The molecule has 0 aromatic heterocycles. The van der Waals surface area contributed by atoms with Gasteiger partial charge in [0.25, 0.3) is 0 Å². The summed E-state index contributed by atoms with van der Waals surface area (Å²) < 4.78 is 42.0. The Kier molecular flexibility index (Phi) is 21.3. The normalized spacial score (nSPS) is 9.52. The smallest absolute Gasteiger partial charge is 0.375 e. The van der Waals surface area contributed by atoms with Gasteiger partial charge in [-0.15, -0.1) is 0 Å².